The van der Waals surface area contributed by atoms with Crippen molar-refractivity contribution in [2.24, 2.45) is 0 Å². The maximum atomic E-state index is 4.36. The Morgan fingerprint density at radius 1 is 1.10 bits per heavy atom. The van der Waals surface area contributed by atoms with E-state index >= 15 is 0 Å². The van der Waals surface area contributed by atoms with Crippen LogP contribution in [-0.4, -0.2) is 84.4 Å². The van der Waals surface area contributed by atoms with Crippen LogP contribution in [0, 0.1) is 0 Å². The van der Waals surface area contributed by atoms with Crippen LogP contribution in [0.25, 0.3) is 0 Å². The van der Waals surface area contributed by atoms with Crippen LogP contribution in [0.5, 0.6) is 0 Å². The van der Waals surface area contributed by atoms with Crippen molar-refractivity contribution in [3.8, 4) is 0 Å². The van der Waals surface area contributed by atoms with Gasteiger partial charge in [-0.05, 0) is 13.3 Å². The van der Waals surface area contributed by atoms with Crippen molar-refractivity contribution in [2.75, 3.05) is 70.3 Å². The smallest absolute Gasteiger partial charge is 0.228 e. The maximum Gasteiger partial charge on any atom is 0.228 e. The van der Waals surface area contributed by atoms with E-state index in [-0.39, 0.29) is 0 Å². The average Bonchev–Trinajstić information content (AvgIpc) is 2.49. The molecule has 1 saturated heterocycles. The Labute approximate surface area is 124 Å². The number of likely N-dealkylation sites (N-methyl/N-ethyl adjacent to an activating group) is 1. The molecular formula is C12H23N7S. The predicted octanol–water partition coefficient (Wildman–Crippen LogP) is 0.294. The number of rotatable bonds is 6. The molecule has 20 heavy (non-hydrogen) atoms. The number of hydrogen-bond acceptors (Lipinski definition) is 8. The Bertz CT molecular complexity index is 398. The first-order valence-electron chi connectivity index (χ1n) is 6.84. The molecule has 1 aliphatic heterocycles. The number of hydrogen-bond donors (Lipinski definition) is 2. The second-order valence-electron chi connectivity index (χ2n) is 4.79. The topological polar surface area (TPSA) is 69.2 Å². The molecule has 2 rings (SSSR count). The molecule has 0 bridgehead atoms. The molecule has 2 heterocycles. The van der Waals surface area contributed by atoms with Crippen molar-refractivity contribution < 1.29 is 0 Å². The van der Waals surface area contributed by atoms with Crippen molar-refractivity contribution in [1.82, 2.24) is 24.8 Å². The third-order valence-electron chi connectivity index (χ3n) is 3.33. The van der Waals surface area contributed by atoms with E-state index in [1.54, 1.807) is 0 Å². The lowest BCUT2D eigenvalue weighted by atomic mass is 10.3. The van der Waals surface area contributed by atoms with Crippen LogP contribution >= 0.6 is 11.8 Å². The van der Waals surface area contributed by atoms with Crippen LogP contribution in [0.3, 0.4) is 0 Å². The second-order valence-corrected chi connectivity index (χ2v) is 5.56. The summed E-state index contributed by atoms with van der Waals surface area (Å²) in [5.41, 5.74) is 0. The summed E-state index contributed by atoms with van der Waals surface area (Å²) in [6.45, 7) is 6.42. The fraction of sp³-hybridized carbons (Fsp3) is 0.750. The molecule has 0 aliphatic carbocycles. The number of piperazine rings is 1. The highest BCUT2D eigenvalue weighted by atomic mass is 32.2. The third kappa shape index (κ3) is 4.46. The van der Waals surface area contributed by atoms with Crippen molar-refractivity contribution >= 4 is 23.7 Å². The second kappa shape index (κ2) is 7.61. The number of anilines is 2. The first-order valence-corrected chi connectivity index (χ1v) is 8.06. The van der Waals surface area contributed by atoms with Gasteiger partial charge >= 0.3 is 0 Å². The van der Waals surface area contributed by atoms with Gasteiger partial charge in [-0.2, -0.15) is 15.0 Å². The van der Waals surface area contributed by atoms with Gasteiger partial charge in [-0.3, -0.25) is 4.90 Å². The molecule has 0 amide bonds. The number of nitrogens with zero attached hydrogens (tertiary/aromatic N) is 5. The van der Waals surface area contributed by atoms with E-state index in [1.165, 1.54) is 11.8 Å². The van der Waals surface area contributed by atoms with Gasteiger partial charge in [0.1, 0.15) is 0 Å². The van der Waals surface area contributed by atoms with Crippen LogP contribution in [0.1, 0.15) is 0 Å². The number of thioether (sulfide) groups is 1. The molecule has 0 unspecified atom stereocenters. The number of aromatic nitrogens is 3. The molecular weight excluding hydrogens is 274 g/mol. The summed E-state index contributed by atoms with van der Waals surface area (Å²) < 4.78 is 0. The van der Waals surface area contributed by atoms with Crippen molar-refractivity contribution in [1.29, 1.82) is 0 Å². The molecule has 1 aromatic heterocycles. The lowest BCUT2D eigenvalue weighted by Gasteiger charge is -2.32. The Hall–Kier alpha value is -1.12. The molecule has 0 atom stereocenters. The highest BCUT2D eigenvalue weighted by Gasteiger charge is 2.13. The minimum Gasteiger partial charge on any atom is -0.357 e. The van der Waals surface area contributed by atoms with E-state index in [0.29, 0.717) is 11.9 Å². The first-order chi connectivity index (χ1) is 9.71. The zero-order valence-electron chi connectivity index (χ0n) is 12.4. The standard InChI is InChI=1S/C12H23N7S/c1-13-10-15-11(17-12(16-10)20-3)14-4-5-19-8-6-18(2)7-9-19/h4-9H2,1-3H3,(H2,13,14,15,16,17). The molecule has 112 valence electrons. The molecule has 1 aromatic rings. The minimum absolute atomic E-state index is 0.603. The fourth-order valence-electron chi connectivity index (χ4n) is 2.04. The van der Waals surface area contributed by atoms with Gasteiger partial charge in [0.25, 0.3) is 0 Å². The summed E-state index contributed by atoms with van der Waals surface area (Å²) in [6.07, 6.45) is 1.96. The predicted molar refractivity (Wildman–Crippen MR) is 83.6 cm³/mol. The van der Waals surface area contributed by atoms with Gasteiger partial charge in [-0.1, -0.05) is 11.8 Å². The van der Waals surface area contributed by atoms with Crippen molar-refractivity contribution in [3.05, 3.63) is 0 Å². The molecule has 8 heteroatoms. The maximum absolute atomic E-state index is 4.36. The van der Waals surface area contributed by atoms with Gasteiger partial charge in [-0.15, -0.1) is 0 Å². The summed E-state index contributed by atoms with van der Waals surface area (Å²) >= 11 is 1.52. The van der Waals surface area contributed by atoms with Crippen LogP contribution in [-0.2, 0) is 0 Å². The van der Waals surface area contributed by atoms with Gasteiger partial charge < -0.3 is 15.5 Å². The lowest BCUT2D eigenvalue weighted by molar-refractivity contribution is 0.158. The van der Waals surface area contributed by atoms with Gasteiger partial charge in [-0.25, -0.2) is 0 Å². The summed E-state index contributed by atoms with van der Waals surface area (Å²) in [5, 5.41) is 6.97. The van der Waals surface area contributed by atoms with Gasteiger partial charge in [0.05, 0.1) is 0 Å². The highest BCUT2D eigenvalue weighted by Crippen LogP contribution is 2.13. The van der Waals surface area contributed by atoms with Crippen LogP contribution in [0.4, 0.5) is 11.9 Å². The Balaban J connectivity index is 1.81. The van der Waals surface area contributed by atoms with E-state index in [9.17, 15) is 0 Å². The fourth-order valence-corrected chi connectivity index (χ4v) is 2.39. The normalized spacial score (nSPS) is 17.1. The quantitative estimate of drug-likeness (QED) is 0.727. The Kier molecular flexibility index (Phi) is 5.81. The zero-order chi connectivity index (χ0) is 14.4. The summed E-state index contributed by atoms with van der Waals surface area (Å²) in [6, 6.07) is 0. The lowest BCUT2D eigenvalue weighted by Crippen LogP contribution is -2.45. The van der Waals surface area contributed by atoms with E-state index in [0.717, 1.165) is 44.4 Å². The Morgan fingerprint density at radius 3 is 2.45 bits per heavy atom. The van der Waals surface area contributed by atoms with Gasteiger partial charge in [0.2, 0.25) is 11.9 Å². The summed E-state index contributed by atoms with van der Waals surface area (Å²) in [4.78, 5) is 17.7. The monoisotopic (exact) mass is 297 g/mol. The largest absolute Gasteiger partial charge is 0.357 e. The SMILES string of the molecule is CNc1nc(NCCN2CCN(C)CC2)nc(SC)n1. The molecule has 1 fully saturated rings. The van der Waals surface area contributed by atoms with E-state index < -0.39 is 0 Å². The van der Waals surface area contributed by atoms with Gasteiger partial charge in [0, 0.05) is 46.3 Å². The average molecular weight is 297 g/mol. The molecule has 1 aliphatic rings. The first kappa shape index (κ1) is 15.3. The number of nitrogens with one attached hydrogen (secondary N) is 2. The Morgan fingerprint density at radius 2 is 1.80 bits per heavy atom. The summed E-state index contributed by atoms with van der Waals surface area (Å²) in [7, 11) is 3.98. The summed E-state index contributed by atoms with van der Waals surface area (Å²) in [5.74, 6) is 1.24. The molecule has 0 saturated carbocycles. The van der Waals surface area contributed by atoms with Crippen LogP contribution < -0.4 is 10.6 Å². The van der Waals surface area contributed by atoms with Crippen molar-refractivity contribution in [3.63, 3.8) is 0 Å². The highest BCUT2D eigenvalue weighted by molar-refractivity contribution is 7.98. The van der Waals surface area contributed by atoms with Crippen LogP contribution in [0.15, 0.2) is 5.16 Å². The van der Waals surface area contributed by atoms with E-state index in [4.69, 9.17) is 0 Å². The third-order valence-corrected chi connectivity index (χ3v) is 3.88. The van der Waals surface area contributed by atoms with Gasteiger partial charge in [0.15, 0.2) is 5.16 Å². The van der Waals surface area contributed by atoms with E-state index in [2.05, 4.69) is 42.4 Å². The molecule has 0 radical (unpaired) electrons. The van der Waals surface area contributed by atoms with Crippen molar-refractivity contribution in [2.45, 2.75) is 5.16 Å². The zero-order valence-corrected chi connectivity index (χ0v) is 13.2. The molecule has 7 nitrogen and oxygen atoms in total. The minimum atomic E-state index is 0.603. The molecule has 0 spiro atoms. The molecule has 2 N–H and O–H groups in total. The van der Waals surface area contributed by atoms with Crippen LogP contribution in [0.2, 0.25) is 0 Å². The molecule has 0 aromatic carbocycles. The van der Waals surface area contributed by atoms with E-state index in [1.807, 2.05) is 13.3 Å².